The summed E-state index contributed by atoms with van der Waals surface area (Å²) in [6, 6.07) is -1.31. The molecule has 1 saturated carbocycles. The van der Waals surface area contributed by atoms with Gasteiger partial charge in [-0.3, -0.25) is 14.4 Å². The molecule has 1 unspecified atom stereocenters. The van der Waals surface area contributed by atoms with Crippen molar-refractivity contribution in [3.8, 4) is 0 Å². The smallest absolute Gasteiger partial charge is 0.323 e. The van der Waals surface area contributed by atoms with Crippen LogP contribution in [0, 0.1) is 0 Å². The lowest BCUT2D eigenvalue weighted by atomic mass is 10.1. The van der Waals surface area contributed by atoms with Crippen molar-refractivity contribution in [2.75, 3.05) is 6.54 Å². The summed E-state index contributed by atoms with van der Waals surface area (Å²) in [4.78, 5) is 34.5. The van der Waals surface area contributed by atoms with Gasteiger partial charge in [-0.05, 0) is 12.8 Å². The second-order valence-corrected chi connectivity index (χ2v) is 4.50. The quantitative estimate of drug-likeness (QED) is 0.598. The summed E-state index contributed by atoms with van der Waals surface area (Å²) in [5.74, 6) is -2.87. The van der Waals surface area contributed by atoms with Crippen molar-refractivity contribution in [2.24, 2.45) is 5.73 Å². The van der Waals surface area contributed by atoms with E-state index in [1.807, 2.05) is 0 Å². The van der Waals surface area contributed by atoms with Crippen LogP contribution in [0.3, 0.4) is 0 Å². The molecular formula is C11H18N2O5. The Balaban J connectivity index is 2.71. The highest BCUT2D eigenvalue weighted by Gasteiger charge is 2.31. The maximum Gasteiger partial charge on any atom is 0.323 e. The van der Waals surface area contributed by atoms with Crippen LogP contribution in [-0.4, -0.2) is 51.6 Å². The first-order valence-electron chi connectivity index (χ1n) is 5.91. The van der Waals surface area contributed by atoms with Gasteiger partial charge in [0.2, 0.25) is 5.91 Å². The predicted octanol–water partition coefficient (Wildman–Crippen LogP) is -0.356. The van der Waals surface area contributed by atoms with E-state index in [1.165, 1.54) is 4.90 Å². The topological polar surface area (TPSA) is 121 Å². The SMILES string of the molecule is NC(CC(=O)O)C(=O)N(CC(=O)O)C1CCCC1. The highest BCUT2D eigenvalue weighted by molar-refractivity contribution is 5.88. The molecule has 18 heavy (non-hydrogen) atoms. The maximum atomic E-state index is 12.0. The molecule has 4 N–H and O–H groups in total. The molecule has 0 heterocycles. The lowest BCUT2D eigenvalue weighted by Crippen LogP contribution is -2.50. The highest BCUT2D eigenvalue weighted by atomic mass is 16.4. The van der Waals surface area contributed by atoms with Gasteiger partial charge in [-0.15, -0.1) is 0 Å². The van der Waals surface area contributed by atoms with Crippen LogP contribution < -0.4 is 5.73 Å². The molecule has 7 nitrogen and oxygen atoms in total. The summed E-state index contributed by atoms with van der Waals surface area (Å²) < 4.78 is 0. The molecule has 0 radical (unpaired) electrons. The van der Waals surface area contributed by atoms with Crippen molar-refractivity contribution in [1.82, 2.24) is 4.90 Å². The van der Waals surface area contributed by atoms with E-state index >= 15 is 0 Å². The van der Waals surface area contributed by atoms with Crippen LogP contribution in [0.25, 0.3) is 0 Å². The Bertz CT molecular complexity index is 338. The first-order chi connectivity index (χ1) is 8.41. The van der Waals surface area contributed by atoms with Crippen molar-refractivity contribution in [3.63, 3.8) is 0 Å². The Morgan fingerprint density at radius 1 is 1.17 bits per heavy atom. The number of carboxylic acids is 2. The minimum Gasteiger partial charge on any atom is -0.481 e. The van der Waals surface area contributed by atoms with Crippen molar-refractivity contribution < 1.29 is 24.6 Å². The van der Waals surface area contributed by atoms with E-state index in [0.29, 0.717) is 0 Å². The van der Waals surface area contributed by atoms with Crippen molar-refractivity contribution in [1.29, 1.82) is 0 Å². The number of aliphatic carboxylic acids is 2. The Kier molecular flexibility index (Phi) is 5.08. The first-order valence-corrected chi connectivity index (χ1v) is 5.91. The van der Waals surface area contributed by atoms with Crippen molar-refractivity contribution >= 4 is 17.8 Å². The van der Waals surface area contributed by atoms with Crippen LogP contribution in [-0.2, 0) is 14.4 Å². The third-order valence-electron chi connectivity index (χ3n) is 3.07. The molecule has 102 valence electrons. The maximum absolute atomic E-state index is 12.0. The summed E-state index contributed by atoms with van der Waals surface area (Å²) >= 11 is 0. The summed E-state index contributed by atoms with van der Waals surface area (Å²) in [5.41, 5.74) is 5.50. The van der Waals surface area contributed by atoms with E-state index in [9.17, 15) is 14.4 Å². The average Bonchev–Trinajstić information content (AvgIpc) is 2.76. The molecule has 0 saturated heterocycles. The molecule has 1 fully saturated rings. The fourth-order valence-corrected chi connectivity index (χ4v) is 2.24. The fourth-order valence-electron chi connectivity index (χ4n) is 2.24. The number of rotatable bonds is 6. The van der Waals surface area contributed by atoms with Gasteiger partial charge < -0.3 is 20.8 Å². The van der Waals surface area contributed by atoms with Crippen LogP contribution in [0.15, 0.2) is 0 Å². The third kappa shape index (κ3) is 3.99. The zero-order valence-electron chi connectivity index (χ0n) is 10.0. The minimum absolute atomic E-state index is 0.131. The Hall–Kier alpha value is -1.63. The Morgan fingerprint density at radius 3 is 2.17 bits per heavy atom. The molecule has 1 aliphatic carbocycles. The van der Waals surface area contributed by atoms with Gasteiger partial charge >= 0.3 is 11.9 Å². The second kappa shape index (κ2) is 6.34. The van der Waals surface area contributed by atoms with Crippen LogP contribution >= 0.6 is 0 Å². The number of nitrogens with zero attached hydrogens (tertiary/aromatic N) is 1. The van der Waals surface area contributed by atoms with Gasteiger partial charge in [0.05, 0.1) is 12.5 Å². The molecule has 0 spiro atoms. The van der Waals surface area contributed by atoms with E-state index in [1.54, 1.807) is 0 Å². The minimum atomic E-state index is -1.18. The molecule has 0 aliphatic heterocycles. The molecule has 1 amide bonds. The predicted molar refractivity (Wildman–Crippen MR) is 61.8 cm³/mol. The number of hydrogen-bond donors (Lipinski definition) is 3. The highest BCUT2D eigenvalue weighted by Crippen LogP contribution is 2.24. The lowest BCUT2D eigenvalue weighted by molar-refractivity contribution is -0.148. The van der Waals surface area contributed by atoms with E-state index in [4.69, 9.17) is 15.9 Å². The molecule has 1 rings (SSSR count). The number of nitrogens with two attached hydrogens (primary N) is 1. The van der Waals surface area contributed by atoms with Gasteiger partial charge in [0.15, 0.2) is 0 Å². The molecule has 0 aromatic carbocycles. The largest absolute Gasteiger partial charge is 0.481 e. The van der Waals surface area contributed by atoms with Gasteiger partial charge in [-0.25, -0.2) is 0 Å². The lowest BCUT2D eigenvalue weighted by Gasteiger charge is -2.29. The number of carbonyl (C=O) groups is 3. The van der Waals surface area contributed by atoms with Crippen LogP contribution in [0.4, 0.5) is 0 Å². The summed E-state index contributed by atoms with van der Waals surface area (Å²) in [6.45, 7) is -0.420. The normalized spacial score (nSPS) is 17.4. The standard InChI is InChI=1S/C11H18N2O5/c12-8(5-9(14)15)11(18)13(6-10(16)17)7-3-1-2-4-7/h7-8H,1-6,12H2,(H,14,15)(H,16,17). The molecular weight excluding hydrogens is 240 g/mol. The Labute approximate surface area is 105 Å². The van der Waals surface area contributed by atoms with E-state index in [2.05, 4.69) is 0 Å². The molecule has 7 heteroatoms. The van der Waals surface area contributed by atoms with Crippen molar-refractivity contribution in [3.05, 3.63) is 0 Å². The molecule has 1 aliphatic rings. The zero-order valence-corrected chi connectivity index (χ0v) is 10.0. The first kappa shape index (κ1) is 14.4. The number of carbonyl (C=O) groups excluding carboxylic acids is 1. The van der Waals surface area contributed by atoms with Crippen LogP contribution in [0.5, 0.6) is 0 Å². The molecule has 0 bridgehead atoms. The van der Waals surface area contributed by atoms with Crippen molar-refractivity contribution in [2.45, 2.75) is 44.2 Å². The molecule has 0 aromatic rings. The fraction of sp³-hybridized carbons (Fsp3) is 0.727. The van der Waals surface area contributed by atoms with Crippen LogP contribution in [0.2, 0.25) is 0 Å². The van der Waals surface area contributed by atoms with Gasteiger partial charge in [0, 0.05) is 6.04 Å². The summed E-state index contributed by atoms with van der Waals surface area (Å²) in [5, 5.41) is 17.4. The summed E-state index contributed by atoms with van der Waals surface area (Å²) in [7, 11) is 0. The number of carboxylic acid groups (broad SMARTS) is 2. The molecule has 1 atom stereocenters. The number of amides is 1. The van der Waals surface area contributed by atoms with Crippen LogP contribution in [0.1, 0.15) is 32.1 Å². The van der Waals surface area contributed by atoms with E-state index in [-0.39, 0.29) is 6.04 Å². The van der Waals surface area contributed by atoms with Gasteiger partial charge in [-0.1, -0.05) is 12.8 Å². The summed E-state index contributed by atoms with van der Waals surface area (Å²) in [6.07, 6.45) is 2.91. The average molecular weight is 258 g/mol. The monoisotopic (exact) mass is 258 g/mol. The Morgan fingerprint density at radius 2 is 1.72 bits per heavy atom. The zero-order chi connectivity index (χ0) is 13.7. The van der Waals surface area contributed by atoms with Gasteiger partial charge in [-0.2, -0.15) is 0 Å². The second-order valence-electron chi connectivity index (χ2n) is 4.50. The number of hydrogen-bond acceptors (Lipinski definition) is 4. The molecule has 0 aromatic heterocycles. The van der Waals surface area contributed by atoms with Gasteiger partial charge in [0.25, 0.3) is 0 Å². The van der Waals surface area contributed by atoms with E-state index in [0.717, 1.165) is 25.7 Å². The van der Waals surface area contributed by atoms with E-state index < -0.39 is 36.9 Å². The van der Waals surface area contributed by atoms with Gasteiger partial charge in [0.1, 0.15) is 6.54 Å². The third-order valence-corrected chi connectivity index (χ3v) is 3.07.